The summed E-state index contributed by atoms with van der Waals surface area (Å²) in [5.41, 5.74) is 1.20. The largest absolute Gasteiger partial charge is 0.380 e. The van der Waals surface area contributed by atoms with Crippen LogP contribution in [0.25, 0.3) is 0 Å². The fourth-order valence-corrected chi connectivity index (χ4v) is 3.53. The van der Waals surface area contributed by atoms with Gasteiger partial charge in [0.25, 0.3) is 0 Å². The van der Waals surface area contributed by atoms with Crippen LogP contribution < -0.4 is 15.4 Å². The molecular weight excluding hydrogens is 374 g/mol. The number of benzene rings is 1. The molecule has 6 nitrogen and oxygen atoms in total. The summed E-state index contributed by atoms with van der Waals surface area (Å²) in [4.78, 5) is 18.7. The van der Waals surface area contributed by atoms with Crippen molar-refractivity contribution in [1.82, 2.24) is 4.98 Å². The van der Waals surface area contributed by atoms with E-state index in [1.807, 2.05) is 0 Å². The molecule has 0 saturated carbocycles. The summed E-state index contributed by atoms with van der Waals surface area (Å²) < 4.78 is 32.9. The van der Waals surface area contributed by atoms with Gasteiger partial charge < -0.3 is 15.0 Å². The maximum Gasteiger partial charge on any atom is 0.247 e. The smallest absolute Gasteiger partial charge is 0.247 e. The van der Waals surface area contributed by atoms with Crippen LogP contribution >= 0.6 is 11.9 Å². The lowest BCUT2D eigenvalue weighted by atomic mass is 10.1. The van der Waals surface area contributed by atoms with Crippen molar-refractivity contribution in [3.05, 3.63) is 47.7 Å². The molecule has 1 amide bonds. The number of nitrogens with two attached hydrogens (primary N) is 1. The number of ether oxygens (including phenoxy) is 1. The van der Waals surface area contributed by atoms with Gasteiger partial charge in [0, 0.05) is 43.2 Å². The van der Waals surface area contributed by atoms with Gasteiger partial charge >= 0.3 is 0 Å². The molecule has 1 aromatic carbocycles. The summed E-state index contributed by atoms with van der Waals surface area (Å²) in [5, 5.41) is 8.91. The molecule has 1 fully saturated rings. The van der Waals surface area contributed by atoms with E-state index in [9.17, 15) is 13.6 Å². The third-order valence-corrected chi connectivity index (χ3v) is 5.11. The fraction of sp³-hybridized carbons (Fsp3) is 0.333. The van der Waals surface area contributed by atoms with Gasteiger partial charge in [0.2, 0.25) is 5.91 Å². The van der Waals surface area contributed by atoms with E-state index in [4.69, 9.17) is 9.88 Å². The van der Waals surface area contributed by atoms with Gasteiger partial charge in [0.1, 0.15) is 11.1 Å². The van der Waals surface area contributed by atoms with Crippen LogP contribution in [-0.4, -0.2) is 36.7 Å². The molecule has 3 rings (SSSR count). The van der Waals surface area contributed by atoms with Crippen molar-refractivity contribution in [1.29, 1.82) is 0 Å². The molecule has 0 bridgehead atoms. The van der Waals surface area contributed by atoms with E-state index in [1.165, 1.54) is 13.0 Å². The second kappa shape index (κ2) is 8.20. The van der Waals surface area contributed by atoms with Crippen LogP contribution in [0.2, 0.25) is 0 Å². The quantitative estimate of drug-likeness (QED) is 0.759. The van der Waals surface area contributed by atoms with Gasteiger partial charge in [-0.1, -0.05) is 0 Å². The lowest BCUT2D eigenvalue weighted by molar-refractivity contribution is -0.117. The van der Waals surface area contributed by atoms with Crippen molar-refractivity contribution in [2.75, 3.05) is 23.9 Å². The fourth-order valence-electron chi connectivity index (χ4n) is 3.21. The monoisotopic (exact) mass is 394 g/mol. The van der Waals surface area contributed by atoms with Crippen LogP contribution in [0, 0.1) is 18.6 Å². The zero-order valence-electron chi connectivity index (χ0n) is 14.9. The topological polar surface area (TPSA) is 80.5 Å². The highest BCUT2D eigenvalue weighted by Crippen LogP contribution is 2.32. The molecule has 1 aromatic heterocycles. The Balaban J connectivity index is 1.87. The number of halogens is 2. The van der Waals surface area contributed by atoms with E-state index >= 15 is 0 Å². The highest BCUT2D eigenvalue weighted by Gasteiger charge is 2.38. The number of anilines is 2. The van der Waals surface area contributed by atoms with E-state index in [0.717, 1.165) is 18.0 Å². The first-order chi connectivity index (χ1) is 12.9. The molecule has 2 aromatic rings. The number of methoxy groups -OCH3 is 1. The Kier molecular flexibility index (Phi) is 5.93. The van der Waals surface area contributed by atoms with Gasteiger partial charge in [-0.05, 0) is 43.1 Å². The summed E-state index contributed by atoms with van der Waals surface area (Å²) in [7, 11) is 1.56. The van der Waals surface area contributed by atoms with Gasteiger partial charge in [-0.2, -0.15) is 0 Å². The van der Waals surface area contributed by atoms with Crippen LogP contribution in [0.5, 0.6) is 0 Å². The summed E-state index contributed by atoms with van der Waals surface area (Å²) in [6, 6.07) is 5.30. The summed E-state index contributed by atoms with van der Waals surface area (Å²) in [6.45, 7) is 1.90. The maximum atomic E-state index is 14.0. The predicted molar refractivity (Wildman–Crippen MR) is 101 cm³/mol. The number of amides is 1. The molecule has 0 radical (unpaired) electrons. The normalized spacial score (nSPS) is 19.4. The Morgan fingerprint density at radius 2 is 2.19 bits per heavy atom. The molecular formula is C18H20F2N4O2S. The molecule has 0 aliphatic carbocycles. The maximum absolute atomic E-state index is 14.0. The third kappa shape index (κ3) is 4.05. The molecule has 144 valence electrons. The minimum Gasteiger partial charge on any atom is -0.380 e. The van der Waals surface area contributed by atoms with Gasteiger partial charge in [-0.3, -0.25) is 9.93 Å². The molecule has 9 heteroatoms. The van der Waals surface area contributed by atoms with Crippen LogP contribution in [0.1, 0.15) is 12.0 Å². The van der Waals surface area contributed by atoms with E-state index < -0.39 is 17.7 Å². The highest BCUT2D eigenvalue weighted by molar-refractivity contribution is 7.97. The molecule has 2 unspecified atom stereocenters. The van der Waals surface area contributed by atoms with Crippen molar-refractivity contribution in [3.63, 3.8) is 0 Å². The Bertz CT molecular complexity index is 852. The Hall–Kier alpha value is -2.23. The average Bonchev–Trinajstić information content (AvgIpc) is 3.11. The predicted octanol–water partition coefficient (Wildman–Crippen LogP) is 2.87. The number of aromatic nitrogens is 1. The summed E-state index contributed by atoms with van der Waals surface area (Å²) >= 11 is 0.979. The molecule has 0 spiro atoms. The molecule has 27 heavy (non-hydrogen) atoms. The van der Waals surface area contributed by atoms with Crippen molar-refractivity contribution < 1.29 is 18.3 Å². The average molecular weight is 394 g/mol. The van der Waals surface area contributed by atoms with Crippen molar-refractivity contribution >= 4 is 29.2 Å². The van der Waals surface area contributed by atoms with Crippen molar-refractivity contribution in [3.8, 4) is 0 Å². The minimum atomic E-state index is -0.914. The van der Waals surface area contributed by atoms with Gasteiger partial charge in [-0.25, -0.2) is 13.8 Å². The number of carbonyl (C=O) groups is 1. The first kappa shape index (κ1) is 19.5. The number of pyridine rings is 1. The standard InChI is InChI=1S/C18H20F2N4O2S/c1-10-14(4-3-13(19)17(10)20)24-9-12(26-2)8-15(24)18(25)23-11-5-6-22-16(7-11)27-21/h3-7,12,15H,8-9,21H2,1-2H3,(H,22,23,25). The number of nitrogens with zero attached hydrogens (tertiary/aromatic N) is 2. The zero-order chi connectivity index (χ0) is 19.6. The molecule has 1 saturated heterocycles. The number of hydrogen-bond acceptors (Lipinski definition) is 6. The van der Waals surface area contributed by atoms with Gasteiger partial charge in [0.15, 0.2) is 11.6 Å². The molecule has 1 aliphatic rings. The number of nitrogens with one attached hydrogen (secondary N) is 1. The van der Waals surface area contributed by atoms with Crippen molar-refractivity contribution in [2.24, 2.45) is 5.14 Å². The Morgan fingerprint density at radius 3 is 2.89 bits per heavy atom. The Morgan fingerprint density at radius 1 is 1.41 bits per heavy atom. The van der Waals surface area contributed by atoms with Gasteiger partial charge in [-0.15, -0.1) is 0 Å². The number of hydrogen-bond donors (Lipinski definition) is 2. The molecule has 1 aliphatic heterocycles. The van der Waals surface area contributed by atoms with Crippen LogP contribution in [0.15, 0.2) is 35.5 Å². The van der Waals surface area contributed by atoms with E-state index in [0.29, 0.717) is 29.4 Å². The number of carbonyl (C=O) groups excluding carboxylic acids is 1. The number of rotatable bonds is 5. The lowest BCUT2D eigenvalue weighted by Gasteiger charge is -2.27. The molecule has 3 N–H and O–H groups in total. The van der Waals surface area contributed by atoms with Crippen LogP contribution in [0.3, 0.4) is 0 Å². The lowest BCUT2D eigenvalue weighted by Crippen LogP contribution is -2.40. The second-order valence-electron chi connectivity index (χ2n) is 6.26. The van der Waals surface area contributed by atoms with E-state index in [2.05, 4.69) is 10.3 Å². The molecule has 2 heterocycles. The summed E-state index contributed by atoms with van der Waals surface area (Å²) in [5.74, 6) is -2.09. The SMILES string of the molecule is COC1CC(C(=O)Nc2ccnc(SN)c2)N(c2ccc(F)c(F)c2C)C1. The zero-order valence-corrected chi connectivity index (χ0v) is 15.7. The highest BCUT2D eigenvalue weighted by atomic mass is 32.2. The molecule has 2 atom stereocenters. The summed E-state index contributed by atoms with van der Waals surface area (Å²) in [6.07, 6.45) is 1.79. The van der Waals surface area contributed by atoms with E-state index in [1.54, 1.807) is 30.3 Å². The van der Waals surface area contributed by atoms with Gasteiger partial charge in [0.05, 0.1) is 6.10 Å². The van der Waals surface area contributed by atoms with E-state index in [-0.39, 0.29) is 17.6 Å². The first-order valence-electron chi connectivity index (χ1n) is 8.32. The van der Waals surface area contributed by atoms with Crippen LogP contribution in [0.4, 0.5) is 20.2 Å². The van der Waals surface area contributed by atoms with Crippen LogP contribution in [-0.2, 0) is 9.53 Å². The second-order valence-corrected chi connectivity index (χ2v) is 6.91. The van der Waals surface area contributed by atoms with Crippen molar-refractivity contribution in [2.45, 2.75) is 30.5 Å². The minimum absolute atomic E-state index is 0.162. The third-order valence-electron chi connectivity index (χ3n) is 4.64. The Labute approximate surface area is 160 Å². The first-order valence-corrected chi connectivity index (χ1v) is 9.20.